The molecule has 1 fully saturated rings. The van der Waals surface area contributed by atoms with E-state index in [1.807, 2.05) is 0 Å². The maximum absolute atomic E-state index is 13.0. The Morgan fingerprint density at radius 1 is 1.25 bits per heavy atom. The second kappa shape index (κ2) is 9.19. The van der Waals surface area contributed by atoms with Gasteiger partial charge in [-0.2, -0.15) is 0 Å². The number of hydrogen-bond donors (Lipinski definition) is 1. The van der Waals surface area contributed by atoms with E-state index in [2.05, 4.69) is 4.98 Å². The van der Waals surface area contributed by atoms with Crippen LogP contribution in [-0.4, -0.2) is 58.2 Å². The van der Waals surface area contributed by atoms with E-state index in [4.69, 9.17) is 0 Å². The molecule has 1 aliphatic heterocycles. The molecule has 172 valence electrons. The molecule has 1 aliphatic rings. The number of amides is 1. The molecule has 1 atom stereocenters. The zero-order chi connectivity index (χ0) is 23.6. The smallest absolute Gasteiger partial charge is 0.296 e. The van der Waals surface area contributed by atoms with Crippen LogP contribution < -0.4 is 5.56 Å². The molecule has 0 aliphatic carbocycles. The highest BCUT2D eigenvalue weighted by atomic mass is 32.2. The molecule has 1 amide bonds. The van der Waals surface area contributed by atoms with E-state index in [0.717, 1.165) is 10.8 Å². The van der Waals surface area contributed by atoms with Gasteiger partial charge in [-0.1, -0.05) is 12.1 Å². The number of carbonyl (C=O) groups is 2. The van der Waals surface area contributed by atoms with Crippen molar-refractivity contribution in [1.29, 1.82) is 0 Å². The number of sulfone groups is 1. The van der Waals surface area contributed by atoms with Crippen LogP contribution in [0.25, 0.3) is 0 Å². The van der Waals surface area contributed by atoms with Gasteiger partial charge >= 0.3 is 0 Å². The summed E-state index contributed by atoms with van der Waals surface area (Å²) < 4.78 is 37.2. The largest absolute Gasteiger partial charge is 0.501 e. The highest BCUT2D eigenvalue weighted by Crippen LogP contribution is 2.31. The predicted molar refractivity (Wildman–Crippen MR) is 114 cm³/mol. The molecule has 11 heteroatoms. The summed E-state index contributed by atoms with van der Waals surface area (Å²) in [6, 6.07) is 4.93. The molecule has 1 N–H and O–H groups in total. The summed E-state index contributed by atoms with van der Waals surface area (Å²) in [7, 11) is -2.18. The highest BCUT2D eigenvalue weighted by Gasteiger charge is 2.35. The summed E-state index contributed by atoms with van der Waals surface area (Å²) in [5, 5.41) is 10.3. The molecule has 0 saturated carbocycles. The van der Waals surface area contributed by atoms with Gasteiger partial charge in [0.2, 0.25) is 11.7 Å². The first-order valence-corrected chi connectivity index (χ1v) is 12.1. The number of nitrogens with zero attached hydrogens (tertiary/aromatic N) is 3. The van der Waals surface area contributed by atoms with Crippen molar-refractivity contribution in [2.75, 3.05) is 18.6 Å². The fraction of sp³-hybridized carbons (Fsp3) is 0.429. The van der Waals surface area contributed by atoms with Gasteiger partial charge in [-0.15, -0.1) is 0 Å². The average molecular weight is 466 g/mol. The van der Waals surface area contributed by atoms with E-state index >= 15 is 0 Å². The van der Waals surface area contributed by atoms with Gasteiger partial charge in [0, 0.05) is 26.3 Å². The molecule has 3 rings (SSSR count). The number of ketones is 1. The number of halogens is 1. The van der Waals surface area contributed by atoms with Gasteiger partial charge in [0.05, 0.1) is 6.04 Å². The minimum absolute atomic E-state index is 0.0693. The number of aryl methyl sites for hydroxylation is 1. The van der Waals surface area contributed by atoms with Crippen LogP contribution >= 0.6 is 0 Å². The van der Waals surface area contributed by atoms with E-state index in [1.54, 1.807) is 0 Å². The molecule has 1 aromatic carbocycles. The van der Waals surface area contributed by atoms with Crippen molar-refractivity contribution in [3.8, 4) is 5.75 Å². The van der Waals surface area contributed by atoms with Crippen molar-refractivity contribution < 1.29 is 27.5 Å². The first-order chi connectivity index (χ1) is 15.0. The Morgan fingerprint density at radius 2 is 1.91 bits per heavy atom. The third-order valence-corrected chi connectivity index (χ3v) is 6.15. The standard InChI is InChI=1S/C21H24FN3O6S/c1-24-20(15-4-3-11-25(15)17(27)12-32(2,30)31)23-18(19(28)21(24)29)16(26)10-7-13-5-8-14(22)9-6-13/h5-6,8-9,15,28H,3-4,7,10-12H2,1-2H3. The van der Waals surface area contributed by atoms with Crippen LogP contribution in [0.3, 0.4) is 0 Å². The number of likely N-dealkylation sites (tertiary alicyclic amines) is 1. The first-order valence-electron chi connectivity index (χ1n) is 10.0. The fourth-order valence-corrected chi connectivity index (χ4v) is 4.38. The molecule has 0 bridgehead atoms. The molecule has 2 aromatic rings. The third-order valence-electron chi connectivity index (χ3n) is 5.38. The van der Waals surface area contributed by atoms with Gasteiger partial charge in [0.25, 0.3) is 5.56 Å². The van der Waals surface area contributed by atoms with Crippen LogP contribution in [0.1, 0.15) is 47.2 Å². The van der Waals surface area contributed by atoms with Crippen LogP contribution in [0.4, 0.5) is 4.39 Å². The average Bonchev–Trinajstić information content (AvgIpc) is 3.20. The molecular weight excluding hydrogens is 441 g/mol. The van der Waals surface area contributed by atoms with Crippen LogP contribution in [0.5, 0.6) is 5.75 Å². The lowest BCUT2D eigenvalue weighted by atomic mass is 10.1. The predicted octanol–water partition coefficient (Wildman–Crippen LogP) is 1.15. The zero-order valence-corrected chi connectivity index (χ0v) is 18.6. The van der Waals surface area contributed by atoms with Gasteiger partial charge in [-0.05, 0) is 37.0 Å². The molecule has 1 aromatic heterocycles. The Morgan fingerprint density at radius 3 is 2.53 bits per heavy atom. The number of aromatic nitrogens is 2. The number of hydrogen-bond acceptors (Lipinski definition) is 7. The second-order valence-electron chi connectivity index (χ2n) is 7.90. The summed E-state index contributed by atoms with van der Waals surface area (Å²) in [6.07, 6.45) is 2.16. The molecule has 1 unspecified atom stereocenters. The van der Waals surface area contributed by atoms with Crippen molar-refractivity contribution >= 4 is 21.5 Å². The monoisotopic (exact) mass is 465 g/mol. The quantitative estimate of drug-likeness (QED) is 0.608. The summed E-state index contributed by atoms with van der Waals surface area (Å²) in [5.74, 6) is -2.93. The molecule has 2 heterocycles. The third kappa shape index (κ3) is 5.21. The Labute approximate surface area is 184 Å². The number of Topliss-reactive ketones (excluding diaryl/α,β-unsaturated/α-hetero) is 1. The van der Waals surface area contributed by atoms with Gasteiger partial charge in [0.15, 0.2) is 21.3 Å². The lowest BCUT2D eigenvalue weighted by Gasteiger charge is -2.25. The van der Waals surface area contributed by atoms with Crippen LogP contribution in [0.2, 0.25) is 0 Å². The molecule has 0 radical (unpaired) electrons. The maximum Gasteiger partial charge on any atom is 0.296 e. The summed E-state index contributed by atoms with van der Waals surface area (Å²) in [6.45, 7) is 0.295. The van der Waals surface area contributed by atoms with E-state index < -0.39 is 56.1 Å². The molecule has 1 saturated heterocycles. The van der Waals surface area contributed by atoms with Crippen molar-refractivity contribution in [2.24, 2.45) is 7.05 Å². The van der Waals surface area contributed by atoms with Gasteiger partial charge in [-0.3, -0.25) is 19.0 Å². The molecule has 32 heavy (non-hydrogen) atoms. The highest BCUT2D eigenvalue weighted by molar-refractivity contribution is 7.91. The van der Waals surface area contributed by atoms with Gasteiger partial charge < -0.3 is 10.0 Å². The van der Waals surface area contributed by atoms with Crippen molar-refractivity contribution in [1.82, 2.24) is 14.5 Å². The summed E-state index contributed by atoms with van der Waals surface area (Å²) >= 11 is 0. The van der Waals surface area contributed by atoms with Crippen LogP contribution in [-0.2, 0) is 28.1 Å². The summed E-state index contributed by atoms with van der Waals surface area (Å²) in [5.41, 5.74) is -0.521. The first kappa shape index (κ1) is 23.6. The van der Waals surface area contributed by atoms with E-state index in [1.165, 1.54) is 36.2 Å². The van der Waals surface area contributed by atoms with Gasteiger partial charge in [-0.25, -0.2) is 17.8 Å². The Hall–Kier alpha value is -3.08. The van der Waals surface area contributed by atoms with Crippen LogP contribution in [0.15, 0.2) is 29.1 Å². The van der Waals surface area contributed by atoms with Crippen molar-refractivity contribution in [3.63, 3.8) is 0 Å². The topological polar surface area (TPSA) is 127 Å². The normalized spacial score (nSPS) is 16.3. The van der Waals surface area contributed by atoms with Crippen molar-refractivity contribution in [3.05, 3.63) is 57.5 Å². The van der Waals surface area contributed by atoms with Gasteiger partial charge in [0.1, 0.15) is 17.4 Å². The Balaban J connectivity index is 1.89. The minimum Gasteiger partial charge on any atom is -0.501 e. The SMILES string of the molecule is Cn1c(C2CCCN2C(=O)CS(C)(=O)=O)nc(C(=O)CCc2ccc(F)cc2)c(O)c1=O. The van der Waals surface area contributed by atoms with Crippen LogP contribution in [0, 0.1) is 5.82 Å². The van der Waals surface area contributed by atoms with E-state index in [-0.39, 0.29) is 18.7 Å². The zero-order valence-electron chi connectivity index (χ0n) is 17.7. The molecule has 9 nitrogen and oxygen atoms in total. The number of carbonyl (C=O) groups excluding carboxylic acids is 2. The fourth-order valence-electron chi connectivity index (χ4n) is 3.77. The Bertz CT molecular complexity index is 1210. The second-order valence-corrected chi connectivity index (χ2v) is 10.0. The number of benzene rings is 1. The molecule has 0 spiro atoms. The Kier molecular flexibility index (Phi) is 6.77. The minimum atomic E-state index is -3.55. The number of rotatable bonds is 7. The molecular formula is C21H24FN3O6S. The lowest BCUT2D eigenvalue weighted by Crippen LogP contribution is -2.38. The number of aromatic hydroxyl groups is 1. The van der Waals surface area contributed by atoms with E-state index in [9.17, 15) is 32.3 Å². The summed E-state index contributed by atoms with van der Waals surface area (Å²) in [4.78, 5) is 43.4. The maximum atomic E-state index is 13.0. The van der Waals surface area contributed by atoms with E-state index in [0.29, 0.717) is 24.9 Å². The lowest BCUT2D eigenvalue weighted by molar-refractivity contribution is -0.129. The van der Waals surface area contributed by atoms with Crippen molar-refractivity contribution in [2.45, 2.75) is 31.7 Å².